The van der Waals surface area contributed by atoms with Crippen molar-refractivity contribution in [3.05, 3.63) is 47.2 Å². The Morgan fingerprint density at radius 2 is 2.15 bits per heavy atom. The fourth-order valence-electron chi connectivity index (χ4n) is 1.56. The van der Waals surface area contributed by atoms with Crippen molar-refractivity contribution in [2.45, 2.75) is 6.92 Å². The second-order valence-corrected chi connectivity index (χ2v) is 4.35. The van der Waals surface area contributed by atoms with Crippen LogP contribution in [-0.4, -0.2) is 17.6 Å². The first kappa shape index (κ1) is 14.1. The average Bonchev–Trinajstić information content (AvgIpc) is 2.41. The number of ether oxygens (including phenoxy) is 2. The van der Waals surface area contributed by atoms with Gasteiger partial charge in [-0.3, -0.25) is 4.98 Å². The van der Waals surface area contributed by atoms with Gasteiger partial charge in [0.05, 0.1) is 29.1 Å². The highest BCUT2D eigenvalue weighted by Gasteiger charge is 2.10. The standard InChI is InChI=1S/C14H13ClN2O3/c1-2-19-14(18)9-3-4-13(12(16)5-9)20-11-6-10(15)7-17-8-11/h3-8H,2,16H2,1H3. The van der Waals surface area contributed by atoms with E-state index in [4.69, 9.17) is 26.8 Å². The van der Waals surface area contributed by atoms with E-state index in [9.17, 15) is 4.79 Å². The maximum atomic E-state index is 11.6. The molecule has 104 valence electrons. The highest BCUT2D eigenvalue weighted by Crippen LogP contribution is 2.29. The van der Waals surface area contributed by atoms with Gasteiger partial charge in [0, 0.05) is 12.3 Å². The topological polar surface area (TPSA) is 74.4 Å². The number of anilines is 1. The van der Waals surface area contributed by atoms with Gasteiger partial charge in [0.25, 0.3) is 0 Å². The maximum Gasteiger partial charge on any atom is 0.338 e. The highest BCUT2D eigenvalue weighted by molar-refractivity contribution is 6.30. The SMILES string of the molecule is CCOC(=O)c1ccc(Oc2cncc(Cl)c2)c(N)c1. The van der Waals surface area contributed by atoms with E-state index in [1.54, 1.807) is 25.1 Å². The van der Waals surface area contributed by atoms with Gasteiger partial charge in [-0.05, 0) is 25.1 Å². The van der Waals surface area contributed by atoms with Gasteiger partial charge >= 0.3 is 5.97 Å². The predicted octanol–water partition coefficient (Wildman–Crippen LogP) is 3.29. The number of carbonyl (C=O) groups excluding carboxylic acids is 1. The van der Waals surface area contributed by atoms with Crippen molar-refractivity contribution in [2.75, 3.05) is 12.3 Å². The van der Waals surface area contributed by atoms with Crippen molar-refractivity contribution in [3.63, 3.8) is 0 Å². The lowest BCUT2D eigenvalue weighted by Gasteiger charge is -2.09. The third kappa shape index (κ3) is 3.39. The maximum absolute atomic E-state index is 11.6. The van der Waals surface area contributed by atoms with Gasteiger partial charge in [-0.25, -0.2) is 4.79 Å². The molecule has 0 unspecified atom stereocenters. The number of hydrogen-bond acceptors (Lipinski definition) is 5. The molecule has 2 aromatic rings. The zero-order chi connectivity index (χ0) is 14.5. The normalized spacial score (nSPS) is 10.1. The third-order valence-corrected chi connectivity index (χ3v) is 2.64. The Morgan fingerprint density at radius 1 is 1.35 bits per heavy atom. The molecule has 0 atom stereocenters. The summed E-state index contributed by atoms with van der Waals surface area (Å²) in [4.78, 5) is 15.5. The van der Waals surface area contributed by atoms with E-state index < -0.39 is 5.97 Å². The number of nitrogens with zero attached hydrogens (tertiary/aromatic N) is 1. The van der Waals surface area contributed by atoms with E-state index in [1.807, 2.05) is 0 Å². The largest absolute Gasteiger partial charge is 0.462 e. The van der Waals surface area contributed by atoms with Gasteiger partial charge in [0.2, 0.25) is 0 Å². The molecule has 1 aromatic carbocycles. The molecule has 0 aliphatic carbocycles. The minimum absolute atomic E-state index is 0.311. The quantitative estimate of drug-likeness (QED) is 0.691. The van der Waals surface area contributed by atoms with Crippen molar-refractivity contribution in [3.8, 4) is 11.5 Å². The highest BCUT2D eigenvalue weighted by atomic mass is 35.5. The minimum atomic E-state index is -0.421. The second kappa shape index (κ2) is 6.25. The van der Waals surface area contributed by atoms with Crippen molar-refractivity contribution < 1.29 is 14.3 Å². The summed E-state index contributed by atoms with van der Waals surface area (Å²) in [5.74, 6) is 0.463. The predicted molar refractivity (Wildman–Crippen MR) is 76.1 cm³/mol. The molecule has 2 rings (SSSR count). The molecule has 0 aliphatic heterocycles. The van der Waals surface area contributed by atoms with Crippen LogP contribution in [0.3, 0.4) is 0 Å². The number of aromatic nitrogens is 1. The van der Waals surface area contributed by atoms with Gasteiger partial charge in [-0.1, -0.05) is 11.6 Å². The number of halogens is 1. The molecule has 5 nitrogen and oxygen atoms in total. The molecule has 20 heavy (non-hydrogen) atoms. The lowest BCUT2D eigenvalue weighted by molar-refractivity contribution is 0.0526. The van der Waals surface area contributed by atoms with E-state index in [0.717, 1.165) is 0 Å². The Labute approximate surface area is 121 Å². The van der Waals surface area contributed by atoms with Crippen molar-refractivity contribution in [2.24, 2.45) is 0 Å². The Kier molecular flexibility index (Phi) is 4.42. The number of esters is 1. The van der Waals surface area contributed by atoms with Crippen molar-refractivity contribution in [1.82, 2.24) is 4.98 Å². The molecule has 1 aromatic heterocycles. The summed E-state index contributed by atoms with van der Waals surface area (Å²) < 4.78 is 10.5. The first-order chi connectivity index (χ1) is 9.60. The average molecular weight is 293 g/mol. The summed E-state index contributed by atoms with van der Waals surface area (Å²) in [5.41, 5.74) is 6.56. The zero-order valence-corrected chi connectivity index (χ0v) is 11.6. The fraction of sp³-hybridized carbons (Fsp3) is 0.143. The first-order valence-electron chi connectivity index (χ1n) is 5.95. The van der Waals surface area contributed by atoms with Crippen molar-refractivity contribution >= 4 is 23.3 Å². The summed E-state index contributed by atoms with van der Waals surface area (Å²) in [7, 11) is 0. The monoisotopic (exact) mass is 292 g/mol. The summed E-state index contributed by atoms with van der Waals surface area (Å²) in [5, 5.41) is 0.462. The smallest absolute Gasteiger partial charge is 0.338 e. The molecule has 0 aliphatic rings. The summed E-state index contributed by atoms with van der Waals surface area (Å²) in [6.07, 6.45) is 3.02. The molecule has 6 heteroatoms. The molecule has 0 saturated carbocycles. The lowest BCUT2D eigenvalue weighted by Crippen LogP contribution is -2.05. The number of nitrogens with two attached hydrogens (primary N) is 1. The van der Waals surface area contributed by atoms with E-state index in [1.165, 1.54) is 18.5 Å². The third-order valence-electron chi connectivity index (χ3n) is 2.43. The molecular formula is C14H13ClN2O3. The van der Waals surface area contributed by atoms with Crippen LogP contribution in [0.4, 0.5) is 5.69 Å². The summed E-state index contributed by atoms with van der Waals surface area (Å²) in [6, 6.07) is 6.31. The lowest BCUT2D eigenvalue weighted by atomic mass is 10.2. The molecule has 2 N–H and O–H groups in total. The minimum Gasteiger partial charge on any atom is -0.462 e. The Bertz CT molecular complexity index is 632. The number of pyridine rings is 1. The van der Waals surface area contributed by atoms with E-state index >= 15 is 0 Å². The number of hydrogen-bond donors (Lipinski definition) is 1. The van der Waals surface area contributed by atoms with Gasteiger partial charge in [-0.2, -0.15) is 0 Å². The van der Waals surface area contributed by atoms with Crippen LogP contribution in [0, 0.1) is 0 Å². The summed E-state index contributed by atoms with van der Waals surface area (Å²) >= 11 is 5.82. The van der Waals surface area contributed by atoms with Crippen LogP contribution in [0.2, 0.25) is 5.02 Å². The Morgan fingerprint density at radius 3 is 2.80 bits per heavy atom. The molecule has 0 amide bonds. The van der Waals surface area contributed by atoms with Crippen LogP contribution < -0.4 is 10.5 Å². The fourth-order valence-corrected chi connectivity index (χ4v) is 1.72. The molecule has 0 spiro atoms. The molecule has 0 radical (unpaired) electrons. The van der Waals surface area contributed by atoms with Crippen molar-refractivity contribution in [1.29, 1.82) is 0 Å². The van der Waals surface area contributed by atoms with Crippen LogP contribution in [0.1, 0.15) is 17.3 Å². The second-order valence-electron chi connectivity index (χ2n) is 3.91. The molecule has 1 heterocycles. The molecular weight excluding hydrogens is 280 g/mol. The Hall–Kier alpha value is -2.27. The zero-order valence-electron chi connectivity index (χ0n) is 10.8. The van der Waals surface area contributed by atoms with Gasteiger partial charge in [0.15, 0.2) is 0 Å². The number of nitrogen functional groups attached to an aromatic ring is 1. The number of carbonyl (C=O) groups is 1. The van der Waals surface area contributed by atoms with Crippen LogP contribution in [-0.2, 0) is 4.74 Å². The number of rotatable bonds is 4. The molecule has 0 bridgehead atoms. The first-order valence-corrected chi connectivity index (χ1v) is 6.33. The van der Waals surface area contributed by atoms with Crippen LogP contribution in [0.5, 0.6) is 11.5 Å². The summed E-state index contributed by atoms with van der Waals surface area (Å²) in [6.45, 7) is 2.05. The van der Waals surface area contributed by atoms with Gasteiger partial charge < -0.3 is 15.2 Å². The van der Waals surface area contributed by atoms with E-state index in [2.05, 4.69) is 4.98 Å². The van der Waals surface area contributed by atoms with Gasteiger partial charge in [0.1, 0.15) is 11.5 Å². The Balaban J connectivity index is 2.20. The molecule has 0 saturated heterocycles. The van der Waals surface area contributed by atoms with E-state index in [0.29, 0.717) is 34.4 Å². The number of benzene rings is 1. The van der Waals surface area contributed by atoms with Crippen LogP contribution in [0.25, 0.3) is 0 Å². The van der Waals surface area contributed by atoms with Crippen LogP contribution in [0.15, 0.2) is 36.7 Å². The molecule has 0 fully saturated rings. The van der Waals surface area contributed by atoms with E-state index in [-0.39, 0.29) is 0 Å². The van der Waals surface area contributed by atoms with Gasteiger partial charge in [-0.15, -0.1) is 0 Å². The van der Waals surface area contributed by atoms with Crippen LogP contribution >= 0.6 is 11.6 Å².